The average molecular weight is 284 g/mol. The molecule has 0 saturated heterocycles. The zero-order valence-corrected chi connectivity index (χ0v) is 11.3. The molecule has 1 heterocycles. The van der Waals surface area contributed by atoms with Crippen molar-refractivity contribution in [1.29, 1.82) is 0 Å². The molecule has 2 rings (SSSR count). The molecule has 19 heavy (non-hydrogen) atoms. The van der Waals surface area contributed by atoms with Crippen molar-refractivity contribution in [2.75, 3.05) is 11.9 Å². The van der Waals surface area contributed by atoms with Gasteiger partial charge in [0.15, 0.2) is 0 Å². The van der Waals surface area contributed by atoms with Crippen LogP contribution < -0.4 is 10.0 Å². The molecule has 7 heteroatoms. The van der Waals surface area contributed by atoms with E-state index in [4.69, 9.17) is 5.11 Å². The maximum atomic E-state index is 12.1. The predicted octanol–water partition coefficient (Wildman–Crippen LogP) is 0.230. The summed E-state index contributed by atoms with van der Waals surface area (Å²) in [5, 5.41) is 11.7. The standard InChI is InChI=1S/C12H16N2O4S/c1-2-9(7-15)14-19(17,18)10-3-4-11-8(5-10)6-12(16)13-11/h3-5,9,14-15H,2,6-7H2,1H3,(H,13,16). The summed E-state index contributed by atoms with van der Waals surface area (Å²) in [6, 6.07) is 4.00. The summed E-state index contributed by atoms with van der Waals surface area (Å²) in [4.78, 5) is 11.3. The van der Waals surface area contributed by atoms with Crippen molar-refractivity contribution in [2.24, 2.45) is 0 Å². The van der Waals surface area contributed by atoms with Crippen LogP contribution in [0.15, 0.2) is 23.1 Å². The fourth-order valence-electron chi connectivity index (χ4n) is 1.91. The van der Waals surface area contributed by atoms with Crippen molar-refractivity contribution in [3.8, 4) is 0 Å². The van der Waals surface area contributed by atoms with Crippen molar-refractivity contribution in [1.82, 2.24) is 4.72 Å². The van der Waals surface area contributed by atoms with Crippen LogP contribution in [0.1, 0.15) is 18.9 Å². The number of benzene rings is 1. The van der Waals surface area contributed by atoms with Gasteiger partial charge in [0.1, 0.15) is 0 Å². The van der Waals surface area contributed by atoms with E-state index in [0.717, 1.165) is 0 Å². The fourth-order valence-corrected chi connectivity index (χ4v) is 3.27. The summed E-state index contributed by atoms with van der Waals surface area (Å²) >= 11 is 0. The number of rotatable bonds is 5. The Kier molecular flexibility index (Phi) is 3.88. The first-order chi connectivity index (χ1) is 8.96. The molecule has 6 nitrogen and oxygen atoms in total. The number of fused-ring (bicyclic) bond motifs is 1. The molecule has 0 saturated carbocycles. The highest BCUT2D eigenvalue weighted by molar-refractivity contribution is 7.89. The molecule has 104 valence electrons. The zero-order chi connectivity index (χ0) is 14.0. The van der Waals surface area contributed by atoms with E-state index in [2.05, 4.69) is 10.0 Å². The molecule has 0 spiro atoms. The molecule has 0 fully saturated rings. The lowest BCUT2D eigenvalue weighted by Gasteiger charge is -2.14. The first-order valence-corrected chi connectivity index (χ1v) is 7.50. The van der Waals surface area contributed by atoms with E-state index in [-0.39, 0.29) is 23.8 Å². The molecule has 1 aromatic rings. The summed E-state index contributed by atoms with van der Waals surface area (Å²) in [5.74, 6) is -0.140. The monoisotopic (exact) mass is 284 g/mol. The van der Waals surface area contributed by atoms with Crippen LogP contribution in [0.25, 0.3) is 0 Å². The van der Waals surface area contributed by atoms with Crippen LogP contribution in [0.5, 0.6) is 0 Å². The minimum absolute atomic E-state index is 0.106. The smallest absolute Gasteiger partial charge is 0.240 e. The summed E-state index contributed by atoms with van der Waals surface area (Å²) in [6.07, 6.45) is 0.691. The van der Waals surface area contributed by atoms with Crippen LogP contribution in [0.2, 0.25) is 0 Å². The summed E-state index contributed by atoms with van der Waals surface area (Å²) < 4.78 is 26.7. The van der Waals surface area contributed by atoms with Crippen LogP contribution in [0, 0.1) is 0 Å². The number of aliphatic hydroxyl groups is 1. The van der Waals surface area contributed by atoms with Crippen molar-refractivity contribution < 1.29 is 18.3 Å². The highest BCUT2D eigenvalue weighted by atomic mass is 32.2. The van der Waals surface area contributed by atoms with Crippen LogP contribution in [0.3, 0.4) is 0 Å². The molecule has 0 radical (unpaired) electrons. The molecule has 3 N–H and O–H groups in total. The second kappa shape index (κ2) is 5.28. The van der Waals surface area contributed by atoms with Gasteiger partial charge in [-0.05, 0) is 30.2 Å². The van der Waals surface area contributed by atoms with Gasteiger partial charge >= 0.3 is 0 Å². The Hall–Kier alpha value is -1.44. The first kappa shape index (κ1) is 14.0. The van der Waals surface area contributed by atoms with Crippen LogP contribution in [0.4, 0.5) is 5.69 Å². The minimum Gasteiger partial charge on any atom is -0.395 e. The lowest BCUT2D eigenvalue weighted by molar-refractivity contribution is -0.115. The third kappa shape index (κ3) is 2.94. The van der Waals surface area contributed by atoms with E-state index in [0.29, 0.717) is 17.7 Å². The Morgan fingerprint density at radius 1 is 1.47 bits per heavy atom. The molecular formula is C12H16N2O4S. The SMILES string of the molecule is CCC(CO)NS(=O)(=O)c1ccc2c(c1)CC(=O)N2. The molecule has 1 aliphatic rings. The highest BCUT2D eigenvalue weighted by Crippen LogP contribution is 2.25. The van der Waals surface area contributed by atoms with E-state index in [1.165, 1.54) is 12.1 Å². The third-order valence-electron chi connectivity index (χ3n) is 3.05. The Balaban J connectivity index is 2.27. The largest absolute Gasteiger partial charge is 0.395 e. The van der Waals surface area contributed by atoms with Crippen molar-refractivity contribution >= 4 is 21.6 Å². The van der Waals surface area contributed by atoms with Gasteiger partial charge in [-0.1, -0.05) is 6.92 Å². The second-order valence-corrected chi connectivity index (χ2v) is 6.17. The van der Waals surface area contributed by atoms with Gasteiger partial charge in [-0.3, -0.25) is 4.79 Å². The van der Waals surface area contributed by atoms with Gasteiger partial charge in [-0.25, -0.2) is 13.1 Å². The molecule has 0 aromatic heterocycles. The van der Waals surface area contributed by atoms with Gasteiger partial charge in [0.2, 0.25) is 15.9 Å². The summed E-state index contributed by atoms with van der Waals surface area (Å²) in [5.41, 5.74) is 1.32. The van der Waals surface area contributed by atoms with Crippen molar-refractivity contribution in [3.05, 3.63) is 23.8 Å². The molecule has 0 aliphatic carbocycles. The van der Waals surface area contributed by atoms with E-state index in [1.807, 2.05) is 0 Å². The van der Waals surface area contributed by atoms with Crippen LogP contribution in [-0.4, -0.2) is 32.1 Å². The number of aliphatic hydroxyl groups excluding tert-OH is 1. The van der Waals surface area contributed by atoms with E-state index in [1.54, 1.807) is 13.0 Å². The van der Waals surface area contributed by atoms with E-state index < -0.39 is 16.1 Å². The fraction of sp³-hybridized carbons (Fsp3) is 0.417. The van der Waals surface area contributed by atoms with E-state index >= 15 is 0 Å². The lowest BCUT2D eigenvalue weighted by Crippen LogP contribution is -2.36. The van der Waals surface area contributed by atoms with Gasteiger partial charge in [-0.2, -0.15) is 0 Å². The predicted molar refractivity (Wildman–Crippen MR) is 70.3 cm³/mol. The number of carbonyl (C=O) groups excluding carboxylic acids is 1. The molecular weight excluding hydrogens is 268 g/mol. The Bertz CT molecular complexity index is 594. The van der Waals surface area contributed by atoms with Gasteiger partial charge in [0.05, 0.1) is 17.9 Å². The highest BCUT2D eigenvalue weighted by Gasteiger charge is 2.23. The average Bonchev–Trinajstić information content (AvgIpc) is 2.74. The molecule has 0 bridgehead atoms. The number of amides is 1. The van der Waals surface area contributed by atoms with Crippen molar-refractivity contribution in [3.63, 3.8) is 0 Å². The van der Waals surface area contributed by atoms with Gasteiger partial charge < -0.3 is 10.4 Å². The third-order valence-corrected chi connectivity index (χ3v) is 4.57. The summed E-state index contributed by atoms with van der Waals surface area (Å²) in [6.45, 7) is 1.54. The topological polar surface area (TPSA) is 95.5 Å². The number of anilines is 1. The quantitative estimate of drug-likeness (QED) is 0.721. The number of nitrogens with one attached hydrogen (secondary N) is 2. The van der Waals surface area contributed by atoms with E-state index in [9.17, 15) is 13.2 Å². The molecule has 1 unspecified atom stereocenters. The van der Waals surface area contributed by atoms with Gasteiger partial charge in [-0.15, -0.1) is 0 Å². The van der Waals surface area contributed by atoms with Crippen LogP contribution in [-0.2, 0) is 21.2 Å². The molecule has 1 atom stereocenters. The zero-order valence-electron chi connectivity index (χ0n) is 10.5. The maximum absolute atomic E-state index is 12.1. The molecule has 1 aliphatic heterocycles. The second-order valence-electron chi connectivity index (χ2n) is 4.45. The van der Waals surface area contributed by atoms with Gasteiger partial charge in [0.25, 0.3) is 0 Å². The number of hydrogen-bond donors (Lipinski definition) is 3. The number of carbonyl (C=O) groups is 1. The van der Waals surface area contributed by atoms with Gasteiger partial charge in [0, 0.05) is 11.7 Å². The normalized spacial score (nSPS) is 16.0. The number of sulfonamides is 1. The Labute approximate surface area is 111 Å². The van der Waals surface area contributed by atoms with Crippen molar-refractivity contribution in [2.45, 2.75) is 30.7 Å². The Morgan fingerprint density at radius 3 is 2.84 bits per heavy atom. The molecule has 1 amide bonds. The van der Waals surface area contributed by atoms with Crippen LogP contribution >= 0.6 is 0 Å². The molecule has 1 aromatic carbocycles. The first-order valence-electron chi connectivity index (χ1n) is 6.02. The maximum Gasteiger partial charge on any atom is 0.240 e. The number of hydrogen-bond acceptors (Lipinski definition) is 4. The Morgan fingerprint density at radius 2 is 2.21 bits per heavy atom. The summed E-state index contributed by atoms with van der Waals surface area (Å²) in [7, 11) is -3.67. The minimum atomic E-state index is -3.67. The lowest BCUT2D eigenvalue weighted by atomic mass is 10.2.